The predicted molar refractivity (Wildman–Crippen MR) is 135 cm³/mol. The molecule has 36 heavy (non-hydrogen) atoms. The van der Waals surface area contributed by atoms with Crippen LogP contribution >= 0.6 is 0 Å². The smallest absolute Gasteiger partial charge is 0.356 e. The van der Waals surface area contributed by atoms with E-state index in [4.69, 9.17) is 5.73 Å². The number of amides is 4. The zero-order valence-electron chi connectivity index (χ0n) is 21.7. The maximum atomic E-state index is 13.7. The highest BCUT2D eigenvalue weighted by molar-refractivity contribution is 6.37. The molecule has 4 amide bonds. The molecule has 1 aliphatic heterocycles. The largest absolute Gasteiger partial charge is 0.462 e. The van der Waals surface area contributed by atoms with Crippen LogP contribution in [0.4, 0.5) is 4.79 Å². The number of likely N-dealkylation sites (tertiary alicyclic amines) is 1. The van der Waals surface area contributed by atoms with Crippen LogP contribution in [0, 0.1) is 23.2 Å². The molecule has 3 aliphatic rings. The number of urea groups is 1. The first-order valence-corrected chi connectivity index (χ1v) is 13.1. The summed E-state index contributed by atoms with van der Waals surface area (Å²) in [7, 11) is 0. The summed E-state index contributed by atoms with van der Waals surface area (Å²) < 4.78 is 0. The second-order valence-corrected chi connectivity index (χ2v) is 11.6. The monoisotopic (exact) mass is 504 g/mol. The SMILES string of the molecule is C=CCNC(=O)C(=O)C(CC1CCC1)[NH+]=C(O)[C@@H]1[C@H]2CCC[C@H]2CN1C(=O)[C@@H](NC(N)=O)C(C)(C)C. The average Bonchev–Trinajstić information content (AvgIpc) is 3.36. The molecule has 6 N–H and O–H groups in total. The van der Waals surface area contributed by atoms with Crippen molar-refractivity contribution < 1.29 is 29.3 Å². The molecule has 0 aromatic rings. The summed E-state index contributed by atoms with van der Waals surface area (Å²) >= 11 is 0. The minimum absolute atomic E-state index is 0.0321. The summed E-state index contributed by atoms with van der Waals surface area (Å²) in [5.41, 5.74) is 4.76. The van der Waals surface area contributed by atoms with Gasteiger partial charge in [0.25, 0.3) is 11.7 Å². The molecule has 10 heteroatoms. The van der Waals surface area contributed by atoms with Crippen molar-refractivity contribution in [2.45, 2.75) is 83.8 Å². The standard InChI is InChI=1S/C26H41N5O5/c1-5-12-28-23(34)20(32)18(13-15-8-6-9-15)29-22(33)19-17-11-7-10-16(17)14-31(19)24(35)21(26(2,3)4)30-25(27)36/h5,15-19,21H,1,6-14H2,2-4H3,(H,28,34)(H,29,33)(H3,27,30,36)/p+1/t16-,17-,18?,19-,21+/m0/s1. The summed E-state index contributed by atoms with van der Waals surface area (Å²) in [6.07, 6.45) is 7.75. The van der Waals surface area contributed by atoms with Crippen LogP contribution in [0.15, 0.2) is 12.7 Å². The highest BCUT2D eigenvalue weighted by Crippen LogP contribution is 2.43. The van der Waals surface area contributed by atoms with Gasteiger partial charge in [-0.2, -0.15) is 0 Å². The molecule has 1 heterocycles. The van der Waals surface area contributed by atoms with E-state index in [0.29, 0.717) is 18.9 Å². The lowest BCUT2D eigenvalue weighted by atomic mass is 9.80. The minimum atomic E-state index is -0.889. The lowest BCUT2D eigenvalue weighted by Gasteiger charge is -2.35. The molecule has 0 aromatic heterocycles. The molecule has 0 bridgehead atoms. The zero-order valence-corrected chi connectivity index (χ0v) is 21.7. The first-order valence-electron chi connectivity index (χ1n) is 13.1. The van der Waals surface area contributed by atoms with Gasteiger partial charge in [0.15, 0.2) is 6.04 Å². The third-order valence-corrected chi connectivity index (χ3v) is 7.92. The lowest BCUT2D eigenvalue weighted by molar-refractivity contribution is -0.500. The van der Waals surface area contributed by atoms with E-state index in [-0.39, 0.29) is 30.2 Å². The molecular weight excluding hydrogens is 462 g/mol. The van der Waals surface area contributed by atoms with Gasteiger partial charge in [-0.1, -0.05) is 52.5 Å². The maximum absolute atomic E-state index is 13.7. The van der Waals surface area contributed by atoms with Crippen molar-refractivity contribution in [3.8, 4) is 0 Å². The number of carbonyl (C=O) groups excluding carboxylic acids is 4. The third kappa shape index (κ3) is 6.25. The summed E-state index contributed by atoms with van der Waals surface area (Å²) in [6, 6.07) is -3.21. The van der Waals surface area contributed by atoms with Crippen LogP contribution in [-0.4, -0.2) is 70.7 Å². The minimum Gasteiger partial charge on any atom is -0.462 e. The van der Waals surface area contributed by atoms with E-state index in [0.717, 1.165) is 38.5 Å². The van der Waals surface area contributed by atoms with Crippen molar-refractivity contribution in [1.29, 1.82) is 0 Å². The number of carbonyl (C=O) groups is 4. The maximum Gasteiger partial charge on any atom is 0.356 e. The van der Waals surface area contributed by atoms with Crippen LogP contribution in [0.25, 0.3) is 0 Å². The van der Waals surface area contributed by atoms with E-state index >= 15 is 0 Å². The highest BCUT2D eigenvalue weighted by atomic mass is 16.3. The molecule has 0 aromatic carbocycles. The fourth-order valence-electron chi connectivity index (χ4n) is 5.81. The summed E-state index contributed by atoms with van der Waals surface area (Å²) in [6.45, 7) is 9.71. The van der Waals surface area contributed by atoms with Gasteiger partial charge in [-0.15, -0.1) is 6.58 Å². The molecule has 3 rings (SSSR count). The van der Waals surface area contributed by atoms with Crippen LogP contribution in [0.1, 0.15) is 65.7 Å². The Balaban J connectivity index is 1.91. The van der Waals surface area contributed by atoms with Crippen LogP contribution in [-0.2, 0) is 14.4 Å². The molecule has 200 valence electrons. The Bertz CT molecular complexity index is 907. The Labute approximate surface area is 213 Å². The van der Waals surface area contributed by atoms with Gasteiger partial charge in [-0.05, 0) is 36.0 Å². The Kier molecular flexibility index (Phi) is 8.79. The van der Waals surface area contributed by atoms with Gasteiger partial charge < -0.3 is 26.4 Å². The van der Waals surface area contributed by atoms with Crippen molar-refractivity contribution in [2.24, 2.45) is 28.9 Å². The van der Waals surface area contributed by atoms with E-state index in [1.807, 2.05) is 20.8 Å². The van der Waals surface area contributed by atoms with Crippen LogP contribution < -0.4 is 21.4 Å². The van der Waals surface area contributed by atoms with E-state index in [2.05, 4.69) is 22.2 Å². The lowest BCUT2D eigenvalue weighted by Crippen LogP contribution is -2.85. The molecule has 3 fully saturated rings. The van der Waals surface area contributed by atoms with Crippen LogP contribution in [0.3, 0.4) is 0 Å². The number of aliphatic hydroxyl groups is 1. The zero-order chi connectivity index (χ0) is 26.6. The quantitative estimate of drug-likeness (QED) is 0.124. The summed E-state index contributed by atoms with van der Waals surface area (Å²) in [4.78, 5) is 55.4. The van der Waals surface area contributed by atoms with Gasteiger partial charge in [-0.25, -0.2) is 9.79 Å². The van der Waals surface area contributed by atoms with E-state index in [1.165, 1.54) is 6.08 Å². The first kappa shape index (κ1) is 27.7. The number of hydrogen-bond donors (Lipinski definition) is 5. The molecule has 2 saturated carbocycles. The van der Waals surface area contributed by atoms with E-state index < -0.39 is 41.3 Å². The second kappa shape index (κ2) is 11.4. The molecule has 1 saturated heterocycles. The number of aliphatic hydroxyl groups excluding tert-OH is 1. The number of rotatable bonds is 10. The number of nitrogens with two attached hydrogens (primary N) is 1. The van der Waals surface area contributed by atoms with Crippen LogP contribution in [0.2, 0.25) is 0 Å². The van der Waals surface area contributed by atoms with Crippen molar-refractivity contribution in [3.63, 3.8) is 0 Å². The Hall–Kier alpha value is -2.91. The average molecular weight is 505 g/mol. The third-order valence-electron chi connectivity index (χ3n) is 7.92. The van der Waals surface area contributed by atoms with Gasteiger partial charge in [-0.3, -0.25) is 14.4 Å². The Morgan fingerprint density at radius 2 is 1.83 bits per heavy atom. The number of primary amides is 1. The van der Waals surface area contributed by atoms with Crippen molar-refractivity contribution in [2.75, 3.05) is 13.1 Å². The van der Waals surface area contributed by atoms with Gasteiger partial charge in [0.2, 0.25) is 11.9 Å². The number of nitrogens with zero attached hydrogens (tertiary/aromatic N) is 1. The predicted octanol–water partition coefficient (Wildman–Crippen LogP) is 0.164. The van der Waals surface area contributed by atoms with Crippen molar-refractivity contribution >= 4 is 29.5 Å². The Morgan fingerprint density at radius 3 is 2.39 bits per heavy atom. The van der Waals surface area contributed by atoms with E-state index in [9.17, 15) is 24.3 Å². The van der Waals surface area contributed by atoms with Gasteiger partial charge in [0, 0.05) is 19.5 Å². The fourth-order valence-corrected chi connectivity index (χ4v) is 5.81. The highest BCUT2D eigenvalue weighted by Gasteiger charge is 2.53. The molecule has 0 radical (unpaired) electrons. The topological polar surface area (TPSA) is 156 Å². The van der Waals surface area contributed by atoms with E-state index in [1.54, 1.807) is 4.90 Å². The van der Waals surface area contributed by atoms with Gasteiger partial charge in [0.05, 0.1) is 0 Å². The molecule has 2 aliphatic carbocycles. The number of Topliss-reactive ketones (excluding diaryl/α,β-unsaturated/α-hetero) is 1. The first-order chi connectivity index (χ1) is 16.9. The normalized spacial score (nSPS) is 25.9. The molecule has 5 atom stereocenters. The summed E-state index contributed by atoms with van der Waals surface area (Å²) in [5, 5.41) is 16.5. The van der Waals surface area contributed by atoms with Gasteiger partial charge >= 0.3 is 11.9 Å². The number of hydrogen-bond acceptors (Lipinski definition) is 4. The molecule has 10 nitrogen and oxygen atoms in total. The van der Waals surface area contributed by atoms with Crippen molar-refractivity contribution in [1.82, 2.24) is 15.5 Å². The van der Waals surface area contributed by atoms with Crippen LogP contribution in [0.5, 0.6) is 0 Å². The molecule has 1 unspecified atom stereocenters. The van der Waals surface area contributed by atoms with Gasteiger partial charge in [0.1, 0.15) is 6.04 Å². The second-order valence-electron chi connectivity index (χ2n) is 11.6. The fraction of sp³-hybridized carbons (Fsp3) is 0.731. The van der Waals surface area contributed by atoms with Crippen molar-refractivity contribution in [3.05, 3.63) is 12.7 Å². The summed E-state index contributed by atoms with van der Waals surface area (Å²) in [5.74, 6) is -1.30. The Morgan fingerprint density at radius 1 is 1.17 bits per heavy atom. The number of nitrogens with one attached hydrogen (secondary N) is 3. The number of fused-ring (bicyclic) bond motifs is 1. The molecular formula is C26H42N5O5+. The molecule has 0 spiro atoms. The number of ketones is 1.